The number of nitrogens with one attached hydrogen (secondary N) is 1. The van der Waals surface area contributed by atoms with E-state index < -0.39 is 5.60 Å². The highest BCUT2D eigenvalue weighted by Gasteiger charge is 2.45. The van der Waals surface area contributed by atoms with Gasteiger partial charge >= 0.3 is 0 Å². The van der Waals surface area contributed by atoms with Gasteiger partial charge in [0.05, 0.1) is 6.54 Å². The molecule has 2 aliphatic heterocycles. The Hall–Kier alpha value is -2.44. The van der Waals surface area contributed by atoms with Gasteiger partial charge < -0.3 is 15.1 Å². The summed E-state index contributed by atoms with van der Waals surface area (Å²) < 4.78 is 0. The van der Waals surface area contributed by atoms with E-state index in [1.165, 1.54) is 0 Å². The molecule has 1 fully saturated rings. The zero-order valence-corrected chi connectivity index (χ0v) is 12.4. The van der Waals surface area contributed by atoms with Crippen molar-refractivity contribution in [1.29, 1.82) is 0 Å². The lowest BCUT2D eigenvalue weighted by Gasteiger charge is -2.37. The molecule has 0 unspecified atom stereocenters. The maximum absolute atomic E-state index is 12.2. The predicted molar refractivity (Wildman–Crippen MR) is 80.2 cm³/mol. The van der Waals surface area contributed by atoms with E-state index in [9.17, 15) is 9.59 Å². The molecule has 1 aromatic rings. The molecule has 1 atom stereocenters. The molecule has 3 rings (SSSR count). The molecular weight excluding hydrogens is 284 g/mol. The van der Waals surface area contributed by atoms with Gasteiger partial charge in [-0.3, -0.25) is 14.6 Å². The fourth-order valence-corrected chi connectivity index (χ4v) is 2.87. The van der Waals surface area contributed by atoms with E-state index in [1.807, 2.05) is 0 Å². The first kappa shape index (κ1) is 14.5. The number of piperidine rings is 1. The van der Waals surface area contributed by atoms with Gasteiger partial charge in [-0.25, -0.2) is 0 Å². The third-order valence-corrected chi connectivity index (χ3v) is 4.02. The smallest absolute Gasteiger partial charge is 0.273 e. The molecular formula is C15H18N4O3. The maximum Gasteiger partial charge on any atom is 0.273 e. The molecule has 0 aliphatic carbocycles. The lowest BCUT2D eigenvalue weighted by molar-refractivity contribution is -0.138. The molecule has 0 saturated carbocycles. The Morgan fingerprint density at radius 2 is 2.14 bits per heavy atom. The molecule has 1 N–H and O–H groups in total. The van der Waals surface area contributed by atoms with E-state index in [4.69, 9.17) is 4.84 Å². The number of carbonyl (C=O) groups excluding carboxylic acids is 2. The molecule has 3 heterocycles. The summed E-state index contributed by atoms with van der Waals surface area (Å²) in [6.07, 6.45) is 5.29. The molecule has 22 heavy (non-hydrogen) atoms. The molecule has 0 aromatic carbocycles. The Morgan fingerprint density at radius 1 is 1.36 bits per heavy atom. The Kier molecular flexibility index (Phi) is 3.79. The first-order chi connectivity index (χ1) is 10.6. The molecule has 1 aromatic heterocycles. The molecule has 116 valence electrons. The Balaban J connectivity index is 1.64. The second kappa shape index (κ2) is 5.75. The standard InChI is InChI=1S/C15H18N4O3/c1-11(20)19-8-2-5-15(10-19)9-13(18-22-15)14(21)17-12-3-6-16-7-4-12/h3-4,6-7H,2,5,8-10H2,1H3,(H,16,17,21)/t15-/m0/s1. The Morgan fingerprint density at radius 3 is 2.86 bits per heavy atom. The molecule has 7 nitrogen and oxygen atoms in total. The van der Waals surface area contributed by atoms with Gasteiger partial charge in [0, 0.05) is 38.0 Å². The topological polar surface area (TPSA) is 83.9 Å². The average molecular weight is 302 g/mol. The monoisotopic (exact) mass is 302 g/mol. The SMILES string of the molecule is CC(=O)N1CCC[C@]2(CC(C(=O)Nc3ccncc3)=NO2)C1. The summed E-state index contributed by atoms with van der Waals surface area (Å²) in [5, 5.41) is 6.72. The van der Waals surface area contributed by atoms with E-state index >= 15 is 0 Å². The second-order valence-corrected chi connectivity index (χ2v) is 5.72. The normalized spacial score (nSPS) is 23.9. The number of hydrogen-bond acceptors (Lipinski definition) is 5. The van der Waals surface area contributed by atoms with Crippen LogP contribution in [0.5, 0.6) is 0 Å². The molecule has 1 spiro atoms. The summed E-state index contributed by atoms with van der Waals surface area (Å²) in [5.74, 6) is -0.250. The van der Waals surface area contributed by atoms with Gasteiger partial charge in [-0.05, 0) is 25.0 Å². The summed E-state index contributed by atoms with van der Waals surface area (Å²) in [5.41, 5.74) is 0.481. The van der Waals surface area contributed by atoms with E-state index in [1.54, 1.807) is 36.4 Å². The Bertz CT molecular complexity index is 616. The van der Waals surface area contributed by atoms with Gasteiger partial charge in [0.1, 0.15) is 5.71 Å². The number of nitrogens with zero attached hydrogens (tertiary/aromatic N) is 3. The fourth-order valence-electron chi connectivity index (χ4n) is 2.87. The van der Waals surface area contributed by atoms with E-state index in [-0.39, 0.29) is 11.8 Å². The van der Waals surface area contributed by atoms with Gasteiger partial charge in [-0.2, -0.15) is 0 Å². The average Bonchev–Trinajstić information content (AvgIpc) is 2.92. The molecule has 1 saturated heterocycles. The first-order valence-corrected chi connectivity index (χ1v) is 7.30. The van der Waals surface area contributed by atoms with E-state index in [0.717, 1.165) is 19.4 Å². The third-order valence-electron chi connectivity index (χ3n) is 4.02. The minimum Gasteiger partial charge on any atom is -0.386 e. The van der Waals surface area contributed by atoms with Crippen LogP contribution in [-0.2, 0) is 14.4 Å². The van der Waals surface area contributed by atoms with Gasteiger partial charge in [0.25, 0.3) is 5.91 Å². The summed E-state index contributed by atoms with van der Waals surface area (Å²) in [4.78, 5) is 35.0. The van der Waals surface area contributed by atoms with Crippen LogP contribution in [0.4, 0.5) is 5.69 Å². The number of likely N-dealkylation sites (tertiary alicyclic amines) is 1. The number of anilines is 1. The van der Waals surface area contributed by atoms with Crippen molar-refractivity contribution in [2.24, 2.45) is 5.16 Å². The van der Waals surface area contributed by atoms with Crippen LogP contribution in [0.3, 0.4) is 0 Å². The van der Waals surface area contributed by atoms with Crippen molar-refractivity contribution in [2.75, 3.05) is 18.4 Å². The van der Waals surface area contributed by atoms with Gasteiger partial charge in [-0.1, -0.05) is 5.16 Å². The summed E-state index contributed by atoms with van der Waals surface area (Å²) in [6.45, 7) is 2.77. The van der Waals surface area contributed by atoms with Crippen molar-refractivity contribution in [3.63, 3.8) is 0 Å². The number of aromatic nitrogens is 1. The highest BCUT2D eigenvalue weighted by atomic mass is 16.7. The molecule has 0 radical (unpaired) electrons. The number of hydrogen-bond donors (Lipinski definition) is 1. The third kappa shape index (κ3) is 2.93. The highest BCUT2D eigenvalue weighted by molar-refractivity contribution is 6.43. The molecule has 2 aliphatic rings. The van der Waals surface area contributed by atoms with Crippen LogP contribution in [0.1, 0.15) is 26.2 Å². The predicted octanol–water partition coefficient (Wildman–Crippen LogP) is 1.18. The lowest BCUT2D eigenvalue weighted by Crippen LogP contribution is -2.50. The van der Waals surface area contributed by atoms with Crippen molar-refractivity contribution in [1.82, 2.24) is 9.88 Å². The van der Waals surface area contributed by atoms with E-state index in [2.05, 4.69) is 15.5 Å². The zero-order chi connectivity index (χ0) is 15.6. The summed E-state index contributed by atoms with van der Waals surface area (Å²) in [7, 11) is 0. The van der Waals surface area contributed by atoms with Gasteiger partial charge in [-0.15, -0.1) is 0 Å². The van der Waals surface area contributed by atoms with Crippen LogP contribution in [0.2, 0.25) is 0 Å². The van der Waals surface area contributed by atoms with Crippen LogP contribution >= 0.6 is 0 Å². The zero-order valence-electron chi connectivity index (χ0n) is 12.4. The fraction of sp³-hybridized carbons (Fsp3) is 0.467. The van der Waals surface area contributed by atoms with Crippen LogP contribution in [-0.4, -0.2) is 46.1 Å². The van der Waals surface area contributed by atoms with Crippen molar-refractivity contribution in [3.8, 4) is 0 Å². The van der Waals surface area contributed by atoms with Crippen molar-refractivity contribution in [2.45, 2.75) is 31.8 Å². The van der Waals surface area contributed by atoms with Crippen molar-refractivity contribution < 1.29 is 14.4 Å². The number of rotatable bonds is 2. The minimum absolute atomic E-state index is 0.0253. The maximum atomic E-state index is 12.2. The van der Waals surface area contributed by atoms with E-state index in [0.29, 0.717) is 24.4 Å². The second-order valence-electron chi connectivity index (χ2n) is 5.72. The number of oxime groups is 1. The minimum atomic E-state index is -0.547. The van der Waals surface area contributed by atoms with Gasteiger partial charge in [0.15, 0.2) is 5.60 Å². The van der Waals surface area contributed by atoms with Crippen LogP contribution in [0.25, 0.3) is 0 Å². The van der Waals surface area contributed by atoms with Gasteiger partial charge in [0.2, 0.25) is 5.91 Å². The number of carbonyl (C=O) groups is 2. The first-order valence-electron chi connectivity index (χ1n) is 7.30. The quantitative estimate of drug-likeness (QED) is 0.889. The largest absolute Gasteiger partial charge is 0.386 e. The molecule has 0 bridgehead atoms. The lowest BCUT2D eigenvalue weighted by atomic mass is 9.88. The summed E-state index contributed by atoms with van der Waals surface area (Å²) in [6, 6.07) is 3.42. The number of pyridine rings is 1. The molecule has 2 amide bonds. The Labute approximate surface area is 128 Å². The van der Waals surface area contributed by atoms with Crippen LogP contribution < -0.4 is 5.32 Å². The van der Waals surface area contributed by atoms with Crippen LogP contribution in [0.15, 0.2) is 29.7 Å². The highest BCUT2D eigenvalue weighted by Crippen LogP contribution is 2.33. The molecule has 7 heteroatoms. The summed E-state index contributed by atoms with van der Waals surface area (Å²) >= 11 is 0. The van der Waals surface area contributed by atoms with Crippen molar-refractivity contribution in [3.05, 3.63) is 24.5 Å². The number of amides is 2. The van der Waals surface area contributed by atoms with Crippen molar-refractivity contribution >= 4 is 23.2 Å². The van der Waals surface area contributed by atoms with Crippen LogP contribution in [0, 0.1) is 0 Å².